The molecule has 0 radical (unpaired) electrons. The summed E-state index contributed by atoms with van der Waals surface area (Å²) >= 11 is 0. The summed E-state index contributed by atoms with van der Waals surface area (Å²) in [7, 11) is 0. The Morgan fingerprint density at radius 1 is 0.923 bits per heavy atom. The summed E-state index contributed by atoms with van der Waals surface area (Å²) in [5, 5.41) is 6.23. The van der Waals surface area contributed by atoms with Crippen molar-refractivity contribution >= 4 is 17.5 Å². The van der Waals surface area contributed by atoms with Crippen LogP contribution < -0.4 is 10.6 Å². The molecule has 0 aromatic heterocycles. The fraction of sp³-hybridized carbons (Fsp3) is 0.412. The highest BCUT2D eigenvalue weighted by atomic mass is 16.2. The van der Waals surface area contributed by atoms with Crippen LogP contribution in [0.5, 0.6) is 0 Å². The van der Waals surface area contributed by atoms with Gasteiger partial charge in [-0.2, -0.15) is 0 Å². The number of carbonyl (C=O) groups excluding carboxylic acids is 2. The number of hydrogen-bond acceptors (Lipinski definition) is 3. The van der Waals surface area contributed by atoms with E-state index in [1.165, 1.54) is 11.1 Å². The first-order chi connectivity index (χ1) is 18.9. The zero-order valence-corrected chi connectivity index (χ0v) is 23.9. The second-order valence-electron chi connectivity index (χ2n) is 10.9. The topological polar surface area (TPSA) is 61.4 Å². The minimum absolute atomic E-state index is 0.0493. The molecule has 1 atom stereocenters. The summed E-state index contributed by atoms with van der Waals surface area (Å²) in [6.45, 7) is 12.0. The molecule has 0 bridgehead atoms. The van der Waals surface area contributed by atoms with Crippen LogP contribution >= 0.6 is 0 Å². The molecule has 1 saturated heterocycles. The van der Waals surface area contributed by atoms with Crippen LogP contribution in [0.4, 0.5) is 5.69 Å². The first-order valence-electron chi connectivity index (χ1n) is 14.4. The predicted octanol–water partition coefficient (Wildman–Crippen LogP) is 6.48. The number of hydrogen-bond donors (Lipinski definition) is 2. The summed E-state index contributed by atoms with van der Waals surface area (Å²) in [5.74, 6) is 0.339. The standard InChI is InChI=1S/C34H43N3O2/c1-5-31(38)36-30-14-9-13-29(23-30)27-15-19-37(20-16-27)18-10-17-35-34(39)33(28-11-7-6-8-12-28)32-25(3)21-24(2)22-26(32)4/h6-9,11-14,21-23,27,33H,5,10,15-20H2,1-4H3,(H,35,39)(H,36,38). The molecule has 0 aliphatic carbocycles. The molecule has 3 aromatic carbocycles. The van der Waals surface area contributed by atoms with Crippen molar-refractivity contribution in [2.45, 2.75) is 65.2 Å². The third-order valence-electron chi connectivity index (χ3n) is 7.92. The van der Waals surface area contributed by atoms with Gasteiger partial charge in [0.25, 0.3) is 0 Å². The lowest BCUT2D eigenvalue weighted by Crippen LogP contribution is -2.36. The molecule has 206 valence electrons. The van der Waals surface area contributed by atoms with Crippen molar-refractivity contribution in [3.05, 3.63) is 100 Å². The highest BCUT2D eigenvalue weighted by Gasteiger charge is 2.26. The second-order valence-corrected chi connectivity index (χ2v) is 10.9. The Balaban J connectivity index is 1.29. The molecule has 2 amide bonds. The molecule has 3 aromatic rings. The van der Waals surface area contributed by atoms with Gasteiger partial charge in [-0.25, -0.2) is 0 Å². The lowest BCUT2D eigenvalue weighted by Gasteiger charge is -2.32. The third-order valence-corrected chi connectivity index (χ3v) is 7.92. The third kappa shape index (κ3) is 7.57. The van der Waals surface area contributed by atoms with Crippen molar-refractivity contribution in [2.75, 3.05) is 31.5 Å². The Kier molecular flexibility index (Phi) is 9.94. The average Bonchev–Trinajstić information content (AvgIpc) is 2.93. The van der Waals surface area contributed by atoms with Gasteiger partial charge in [-0.05, 0) is 106 Å². The van der Waals surface area contributed by atoms with Crippen LogP contribution in [-0.2, 0) is 9.59 Å². The molecule has 2 N–H and O–H groups in total. The smallest absolute Gasteiger partial charge is 0.232 e. The highest BCUT2D eigenvalue weighted by molar-refractivity contribution is 5.90. The van der Waals surface area contributed by atoms with Crippen LogP contribution in [0.15, 0.2) is 66.7 Å². The van der Waals surface area contributed by atoms with Crippen molar-refractivity contribution in [3.8, 4) is 0 Å². The average molecular weight is 526 g/mol. The normalized spacial score (nSPS) is 15.1. The van der Waals surface area contributed by atoms with Crippen molar-refractivity contribution in [3.63, 3.8) is 0 Å². The van der Waals surface area contributed by atoms with E-state index in [1.807, 2.05) is 37.3 Å². The van der Waals surface area contributed by atoms with E-state index in [4.69, 9.17) is 0 Å². The number of amides is 2. The van der Waals surface area contributed by atoms with Crippen molar-refractivity contribution < 1.29 is 9.59 Å². The van der Waals surface area contributed by atoms with E-state index >= 15 is 0 Å². The van der Waals surface area contributed by atoms with Gasteiger partial charge in [0.2, 0.25) is 11.8 Å². The SMILES string of the molecule is CCC(=O)Nc1cccc(C2CCN(CCCNC(=O)C(c3ccccc3)c3c(C)cc(C)cc3C)CC2)c1. The number of likely N-dealkylation sites (tertiary alicyclic amines) is 1. The summed E-state index contributed by atoms with van der Waals surface area (Å²) < 4.78 is 0. The summed E-state index contributed by atoms with van der Waals surface area (Å²) in [5.41, 5.74) is 7.90. The Bertz CT molecular complexity index is 1240. The number of nitrogens with one attached hydrogen (secondary N) is 2. The van der Waals surface area contributed by atoms with Gasteiger partial charge < -0.3 is 15.5 Å². The fourth-order valence-corrected chi connectivity index (χ4v) is 5.97. The number of aryl methyl sites for hydroxylation is 3. The van der Waals surface area contributed by atoms with Crippen molar-refractivity contribution in [1.82, 2.24) is 10.2 Å². The van der Waals surface area contributed by atoms with Crippen LogP contribution in [0, 0.1) is 20.8 Å². The molecule has 5 nitrogen and oxygen atoms in total. The van der Waals surface area contributed by atoms with Gasteiger partial charge in [0.05, 0.1) is 5.92 Å². The van der Waals surface area contributed by atoms with Crippen molar-refractivity contribution in [1.29, 1.82) is 0 Å². The number of rotatable bonds is 10. The molecule has 1 unspecified atom stereocenters. The molecule has 1 heterocycles. The van der Waals surface area contributed by atoms with E-state index < -0.39 is 0 Å². The van der Waals surface area contributed by atoms with Gasteiger partial charge in [-0.3, -0.25) is 9.59 Å². The zero-order valence-electron chi connectivity index (χ0n) is 23.9. The fourth-order valence-electron chi connectivity index (χ4n) is 5.97. The number of anilines is 1. The Morgan fingerprint density at radius 3 is 2.28 bits per heavy atom. The summed E-state index contributed by atoms with van der Waals surface area (Å²) in [4.78, 5) is 27.8. The van der Waals surface area contributed by atoms with Gasteiger partial charge in [-0.15, -0.1) is 0 Å². The quantitative estimate of drug-likeness (QED) is 0.298. The lowest BCUT2D eigenvalue weighted by molar-refractivity contribution is -0.121. The van der Waals surface area contributed by atoms with Crippen LogP contribution in [0.1, 0.15) is 77.8 Å². The lowest BCUT2D eigenvalue weighted by atomic mass is 9.84. The number of piperidine rings is 1. The Morgan fingerprint density at radius 2 is 1.62 bits per heavy atom. The molecule has 1 fully saturated rings. The highest BCUT2D eigenvalue weighted by Crippen LogP contribution is 2.32. The molecule has 0 saturated carbocycles. The molecule has 4 rings (SSSR count). The van der Waals surface area contributed by atoms with E-state index in [9.17, 15) is 9.59 Å². The predicted molar refractivity (Wildman–Crippen MR) is 160 cm³/mol. The van der Waals surface area contributed by atoms with Gasteiger partial charge in [0.15, 0.2) is 0 Å². The summed E-state index contributed by atoms with van der Waals surface area (Å²) in [6, 6.07) is 22.8. The van der Waals surface area contributed by atoms with Crippen LogP contribution in [0.25, 0.3) is 0 Å². The molecular weight excluding hydrogens is 482 g/mol. The maximum Gasteiger partial charge on any atom is 0.232 e. The first kappa shape index (κ1) is 28.6. The maximum atomic E-state index is 13.5. The molecule has 5 heteroatoms. The summed E-state index contributed by atoms with van der Waals surface area (Å²) in [6.07, 6.45) is 3.64. The van der Waals surface area contributed by atoms with Gasteiger partial charge in [0, 0.05) is 18.7 Å². The number of carbonyl (C=O) groups is 2. The second kappa shape index (κ2) is 13.6. The molecule has 1 aliphatic rings. The Hall–Kier alpha value is -3.44. The van der Waals surface area contributed by atoms with Gasteiger partial charge in [0.1, 0.15) is 0 Å². The van der Waals surface area contributed by atoms with Gasteiger partial charge >= 0.3 is 0 Å². The molecule has 0 spiro atoms. The largest absolute Gasteiger partial charge is 0.355 e. The van der Waals surface area contributed by atoms with Gasteiger partial charge in [-0.1, -0.05) is 67.1 Å². The van der Waals surface area contributed by atoms with Crippen LogP contribution in [0.3, 0.4) is 0 Å². The monoisotopic (exact) mass is 525 g/mol. The van der Waals surface area contributed by atoms with E-state index in [2.05, 4.69) is 72.7 Å². The van der Waals surface area contributed by atoms with E-state index in [1.54, 1.807) is 0 Å². The minimum Gasteiger partial charge on any atom is -0.355 e. The number of nitrogens with zero attached hydrogens (tertiary/aromatic N) is 1. The van der Waals surface area contributed by atoms with E-state index in [0.717, 1.165) is 66.8 Å². The van der Waals surface area contributed by atoms with E-state index in [-0.39, 0.29) is 17.7 Å². The Labute approximate surface area is 234 Å². The maximum absolute atomic E-state index is 13.5. The van der Waals surface area contributed by atoms with Crippen molar-refractivity contribution in [2.24, 2.45) is 0 Å². The van der Waals surface area contributed by atoms with Crippen LogP contribution in [-0.4, -0.2) is 42.9 Å². The minimum atomic E-state index is -0.305. The number of benzene rings is 3. The van der Waals surface area contributed by atoms with Crippen LogP contribution in [0.2, 0.25) is 0 Å². The molecule has 1 aliphatic heterocycles. The first-order valence-corrected chi connectivity index (χ1v) is 14.4. The zero-order chi connectivity index (χ0) is 27.8. The molecular formula is C34H43N3O2. The molecule has 39 heavy (non-hydrogen) atoms. The van der Waals surface area contributed by atoms with E-state index in [0.29, 0.717) is 18.9 Å².